The second-order valence-electron chi connectivity index (χ2n) is 7.18. The Balaban J connectivity index is 2.35. The summed E-state index contributed by atoms with van der Waals surface area (Å²) in [5.41, 5.74) is 8.07. The van der Waals surface area contributed by atoms with Crippen LogP contribution < -0.4 is 5.73 Å². The molecule has 2 aromatic heterocycles. The Labute approximate surface area is 127 Å². The molecular weight excluding hydrogens is 280 g/mol. The normalized spacial score (nSPS) is 16.1. The first-order valence-electron chi connectivity index (χ1n) is 7.34. The second-order valence-corrected chi connectivity index (χ2v) is 11.9. The zero-order chi connectivity index (χ0) is 15.8. The highest BCUT2D eigenvalue weighted by atomic mass is 28.4. The second kappa shape index (κ2) is 5.51. The van der Waals surface area contributed by atoms with Gasteiger partial charge in [0.1, 0.15) is 6.33 Å². The number of aromatic nitrogens is 3. The van der Waals surface area contributed by atoms with Gasteiger partial charge in [-0.3, -0.25) is 0 Å². The molecule has 21 heavy (non-hydrogen) atoms. The molecule has 0 saturated heterocycles. The number of nitrogens with zero attached hydrogens (tertiary/aromatic N) is 3. The topological polar surface area (TPSA) is 65.4 Å². The first-order valence-corrected chi connectivity index (χ1v) is 10.3. The molecule has 0 radical (unpaired) electrons. The third-order valence-electron chi connectivity index (χ3n) is 4.33. The van der Waals surface area contributed by atoms with Crippen molar-refractivity contribution in [1.82, 2.24) is 14.6 Å². The third kappa shape index (κ3) is 3.33. The minimum absolute atomic E-state index is 0.0832. The molecule has 0 aliphatic heterocycles. The Kier molecular flexibility index (Phi) is 4.23. The van der Waals surface area contributed by atoms with Crippen LogP contribution >= 0.6 is 0 Å². The molecule has 2 unspecified atom stereocenters. The molecule has 0 aromatic carbocycles. The summed E-state index contributed by atoms with van der Waals surface area (Å²) in [4.78, 5) is 4.17. The van der Waals surface area contributed by atoms with Gasteiger partial charge in [0.05, 0.1) is 6.10 Å². The van der Waals surface area contributed by atoms with Crippen molar-refractivity contribution in [3.05, 3.63) is 30.2 Å². The average molecular weight is 306 g/mol. The summed E-state index contributed by atoms with van der Waals surface area (Å²) < 4.78 is 8.29. The maximum absolute atomic E-state index is 6.53. The molecule has 2 atom stereocenters. The zero-order valence-corrected chi connectivity index (χ0v) is 14.8. The maximum Gasteiger partial charge on any atom is 0.192 e. The van der Waals surface area contributed by atoms with E-state index in [1.807, 2.05) is 25.3 Å². The summed E-state index contributed by atoms with van der Waals surface area (Å²) >= 11 is 0. The van der Waals surface area contributed by atoms with Gasteiger partial charge in [-0.05, 0) is 36.7 Å². The molecule has 116 valence electrons. The van der Waals surface area contributed by atoms with E-state index >= 15 is 0 Å². The smallest absolute Gasteiger partial charge is 0.192 e. The van der Waals surface area contributed by atoms with E-state index < -0.39 is 8.32 Å². The minimum Gasteiger partial charge on any atom is -0.408 e. The van der Waals surface area contributed by atoms with Crippen molar-refractivity contribution in [2.45, 2.75) is 58.0 Å². The van der Waals surface area contributed by atoms with Crippen LogP contribution in [0.2, 0.25) is 18.1 Å². The highest BCUT2D eigenvalue weighted by Gasteiger charge is 2.40. The van der Waals surface area contributed by atoms with E-state index in [0.717, 1.165) is 11.2 Å². The van der Waals surface area contributed by atoms with Crippen molar-refractivity contribution in [2.75, 3.05) is 0 Å². The number of hydrogen-bond donors (Lipinski definition) is 1. The molecule has 0 spiro atoms. The molecule has 0 aliphatic rings. The first-order chi connectivity index (χ1) is 9.62. The largest absolute Gasteiger partial charge is 0.408 e. The number of hydrogen-bond acceptors (Lipinski definition) is 4. The highest BCUT2D eigenvalue weighted by Crippen LogP contribution is 2.40. The van der Waals surface area contributed by atoms with Crippen LogP contribution in [0.3, 0.4) is 0 Å². The Bertz CT molecular complexity index is 615. The van der Waals surface area contributed by atoms with Gasteiger partial charge in [-0.2, -0.15) is 5.10 Å². The molecule has 5 nitrogen and oxygen atoms in total. The highest BCUT2D eigenvalue weighted by molar-refractivity contribution is 6.74. The van der Waals surface area contributed by atoms with Crippen molar-refractivity contribution in [2.24, 2.45) is 5.73 Å². The molecule has 2 N–H and O–H groups in total. The summed E-state index contributed by atoms with van der Waals surface area (Å²) in [6.07, 6.45) is 3.39. The van der Waals surface area contributed by atoms with Crippen LogP contribution in [0.25, 0.3) is 5.65 Å². The lowest BCUT2D eigenvalue weighted by molar-refractivity contribution is 0.160. The van der Waals surface area contributed by atoms with Crippen molar-refractivity contribution in [3.8, 4) is 0 Å². The SMILES string of the molecule is CC(N)C(O[Si](C)(C)C(C)(C)C)c1ccc2ncnn2c1. The molecule has 0 aliphatic carbocycles. The molecule has 2 aromatic rings. The van der Waals surface area contributed by atoms with Gasteiger partial charge in [0.25, 0.3) is 0 Å². The van der Waals surface area contributed by atoms with Gasteiger partial charge in [-0.25, -0.2) is 9.50 Å². The number of nitrogens with two attached hydrogens (primary N) is 1. The van der Waals surface area contributed by atoms with Crippen LogP contribution in [0, 0.1) is 0 Å². The van der Waals surface area contributed by atoms with Crippen molar-refractivity contribution in [3.63, 3.8) is 0 Å². The Morgan fingerprint density at radius 3 is 2.52 bits per heavy atom. The maximum atomic E-state index is 6.53. The molecule has 6 heteroatoms. The fraction of sp³-hybridized carbons (Fsp3) is 0.600. The van der Waals surface area contributed by atoms with E-state index in [4.69, 9.17) is 10.2 Å². The fourth-order valence-corrected chi connectivity index (χ4v) is 3.31. The molecule has 0 saturated carbocycles. The standard InChI is InChI=1S/C15H26N4OSi/c1-11(16)14(20-21(5,6)15(2,3)4)12-7-8-13-17-10-18-19(13)9-12/h7-11,14H,16H2,1-6H3. The number of fused-ring (bicyclic) bond motifs is 1. The predicted molar refractivity (Wildman–Crippen MR) is 87.7 cm³/mol. The van der Waals surface area contributed by atoms with Gasteiger partial charge in [0.15, 0.2) is 14.0 Å². The Morgan fingerprint density at radius 2 is 1.95 bits per heavy atom. The summed E-state index contributed by atoms with van der Waals surface area (Å²) in [5, 5.41) is 4.34. The van der Waals surface area contributed by atoms with E-state index in [1.54, 1.807) is 10.8 Å². The average Bonchev–Trinajstić information content (AvgIpc) is 2.81. The van der Waals surface area contributed by atoms with E-state index in [1.165, 1.54) is 0 Å². The van der Waals surface area contributed by atoms with E-state index in [0.29, 0.717) is 0 Å². The molecule has 0 amide bonds. The predicted octanol–water partition coefficient (Wildman–Crippen LogP) is 3.14. The van der Waals surface area contributed by atoms with Gasteiger partial charge < -0.3 is 10.2 Å². The lowest BCUT2D eigenvalue weighted by Gasteiger charge is -2.40. The summed E-state index contributed by atoms with van der Waals surface area (Å²) in [5.74, 6) is 0. The lowest BCUT2D eigenvalue weighted by atomic mass is 10.1. The molecule has 2 rings (SSSR count). The van der Waals surface area contributed by atoms with Crippen molar-refractivity contribution < 1.29 is 4.43 Å². The van der Waals surface area contributed by atoms with Gasteiger partial charge in [-0.1, -0.05) is 26.8 Å². The van der Waals surface area contributed by atoms with Crippen LogP contribution in [-0.4, -0.2) is 29.0 Å². The van der Waals surface area contributed by atoms with E-state index in [-0.39, 0.29) is 17.2 Å². The van der Waals surface area contributed by atoms with Crippen LogP contribution in [0.1, 0.15) is 39.4 Å². The van der Waals surface area contributed by atoms with Gasteiger partial charge in [-0.15, -0.1) is 0 Å². The van der Waals surface area contributed by atoms with Gasteiger partial charge in [0, 0.05) is 12.2 Å². The van der Waals surface area contributed by atoms with Crippen molar-refractivity contribution in [1.29, 1.82) is 0 Å². The summed E-state index contributed by atoms with van der Waals surface area (Å²) in [6, 6.07) is 3.90. The van der Waals surface area contributed by atoms with E-state index in [9.17, 15) is 0 Å². The number of pyridine rings is 1. The van der Waals surface area contributed by atoms with Crippen LogP contribution in [0.15, 0.2) is 24.7 Å². The molecule has 0 fully saturated rings. The van der Waals surface area contributed by atoms with Gasteiger partial charge in [0.2, 0.25) is 0 Å². The lowest BCUT2D eigenvalue weighted by Crippen LogP contribution is -2.45. The van der Waals surface area contributed by atoms with E-state index in [2.05, 4.69) is 43.9 Å². The monoisotopic (exact) mass is 306 g/mol. The fourth-order valence-electron chi connectivity index (χ4n) is 1.97. The van der Waals surface area contributed by atoms with Crippen LogP contribution in [0.4, 0.5) is 0 Å². The quantitative estimate of drug-likeness (QED) is 0.881. The van der Waals surface area contributed by atoms with Gasteiger partial charge >= 0.3 is 0 Å². The molecule has 2 heterocycles. The minimum atomic E-state index is -1.89. The Hall–Kier alpha value is -1.24. The van der Waals surface area contributed by atoms with Crippen LogP contribution in [0.5, 0.6) is 0 Å². The molecular formula is C15H26N4OSi. The summed E-state index contributed by atoms with van der Waals surface area (Å²) in [7, 11) is -1.89. The number of rotatable bonds is 4. The van der Waals surface area contributed by atoms with Crippen LogP contribution in [-0.2, 0) is 4.43 Å². The zero-order valence-electron chi connectivity index (χ0n) is 13.8. The first kappa shape index (κ1) is 16.1. The molecule has 0 bridgehead atoms. The third-order valence-corrected chi connectivity index (χ3v) is 8.79. The summed E-state index contributed by atoms with van der Waals surface area (Å²) in [6.45, 7) is 13.2. The Morgan fingerprint density at radius 1 is 1.29 bits per heavy atom. The van der Waals surface area contributed by atoms with Crippen molar-refractivity contribution >= 4 is 14.0 Å².